The molecule has 0 atom stereocenters. The Hall–Kier alpha value is -2.28. The number of rotatable bonds is 3. The second-order valence-electron chi connectivity index (χ2n) is 5.34. The number of alkyl halides is 3. The number of benzene rings is 1. The van der Waals surface area contributed by atoms with Gasteiger partial charge in [0.15, 0.2) is 0 Å². The molecule has 3 rings (SSSR count). The van der Waals surface area contributed by atoms with Gasteiger partial charge in [-0.3, -0.25) is 4.79 Å². The first-order chi connectivity index (χ1) is 11.3. The number of ether oxygens (including phenoxy) is 1. The molecule has 0 saturated carbocycles. The maximum atomic E-state index is 12.6. The molecule has 0 N–H and O–H groups in total. The van der Waals surface area contributed by atoms with Gasteiger partial charge in [0.1, 0.15) is 6.10 Å². The van der Waals surface area contributed by atoms with Gasteiger partial charge in [0.2, 0.25) is 5.88 Å². The van der Waals surface area contributed by atoms with Crippen LogP contribution in [0.1, 0.15) is 15.9 Å². The Labute approximate surface area is 140 Å². The molecule has 1 aromatic carbocycles. The summed E-state index contributed by atoms with van der Waals surface area (Å²) in [5.41, 5.74) is -0.364. The lowest BCUT2D eigenvalue weighted by atomic mass is 10.1. The third kappa shape index (κ3) is 3.62. The van der Waals surface area contributed by atoms with Gasteiger partial charge >= 0.3 is 6.18 Å². The van der Waals surface area contributed by atoms with Crippen molar-refractivity contribution in [1.82, 2.24) is 9.88 Å². The van der Waals surface area contributed by atoms with Gasteiger partial charge in [-0.15, -0.1) is 0 Å². The van der Waals surface area contributed by atoms with E-state index in [1.165, 1.54) is 4.90 Å². The smallest absolute Gasteiger partial charge is 0.416 e. The molecule has 2 aromatic rings. The topological polar surface area (TPSA) is 42.4 Å². The van der Waals surface area contributed by atoms with Crippen molar-refractivity contribution in [2.75, 3.05) is 13.1 Å². The minimum atomic E-state index is -4.45. The summed E-state index contributed by atoms with van der Waals surface area (Å²) in [4.78, 5) is 17.5. The van der Waals surface area contributed by atoms with Crippen LogP contribution in [-0.2, 0) is 6.18 Å². The first kappa shape index (κ1) is 16.6. The van der Waals surface area contributed by atoms with Crippen LogP contribution in [0.3, 0.4) is 0 Å². The van der Waals surface area contributed by atoms with Gasteiger partial charge in [-0.05, 0) is 24.3 Å². The molecule has 1 amide bonds. The van der Waals surface area contributed by atoms with Crippen LogP contribution in [0.25, 0.3) is 0 Å². The first-order valence-electron chi connectivity index (χ1n) is 7.07. The summed E-state index contributed by atoms with van der Waals surface area (Å²) in [6.07, 6.45) is -3.79. The molecule has 8 heteroatoms. The zero-order valence-corrected chi connectivity index (χ0v) is 13.0. The van der Waals surface area contributed by atoms with Gasteiger partial charge in [-0.2, -0.15) is 13.2 Å². The molecule has 0 radical (unpaired) electrons. The van der Waals surface area contributed by atoms with Crippen LogP contribution < -0.4 is 4.74 Å². The predicted molar refractivity (Wildman–Crippen MR) is 81.0 cm³/mol. The highest BCUT2D eigenvalue weighted by Gasteiger charge is 2.34. The van der Waals surface area contributed by atoms with Gasteiger partial charge in [-0.1, -0.05) is 17.7 Å². The fourth-order valence-corrected chi connectivity index (χ4v) is 2.49. The van der Waals surface area contributed by atoms with E-state index in [4.69, 9.17) is 16.3 Å². The van der Waals surface area contributed by atoms with Crippen molar-refractivity contribution in [3.8, 4) is 5.88 Å². The summed E-state index contributed by atoms with van der Waals surface area (Å²) in [5.74, 6) is -0.306. The van der Waals surface area contributed by atoms with Crippen LogP contribution in [0.5, 0.6) is 5.88 Å². The number of carbonyl (C=O) groups is 1. The van der Waals surface area contributed by atoms with E-state index in [2.05, 4.69) is 4.98 Å². The van der Waals surface area contributed by atoms with E-state index in [-0.39, 0.29) is 31.0 Å². The number of hydrogen-bond donors (Lipinski definition) is 0. The molecule has 1 aliphatic heterocycles. The standard InChI is InChI=1S/C16H12ClF3N2O2/c17-12-3-1-2-10(6-12)15(23)22-8-13(9-22)24-14-7-11(4-5-21-14)16(18,19)20/h1-7,13H,8-9H2. The molecule has 1 aromatic heterocycles. The van der Waals surface area contributed by atoms with Crippen molar-refractivity contribution < 1.29 is 22.7 Å². The van der Waals surface area contributed by atoms with Crippen LogP contribution >= 0.6 is 11.6 Å². The highest BCUT2D eigenvalue weighted by atomic mass is 35.5. The van der Waals surface area contributed by atoms with E-state index < -0.39 is 11.7 Å². The van der Waals surface area contributed by atoms with Crippen LogP contribution in [0.15, 0.2) is 42.6 Å². The van der Waals surface area contributed by atoms with Gasteiger partial charge in [-0.25, -0.2) is 4.98 Å². The summed E-state index contributed by atoms with van der Waals surface area (Å²) in [6.45, 7) is 0.562. The largest absolute Gasteiger partial charge is 0.471 e. The maximum Gasteiger partial charge on any atom is 0.416 e. The van der Waals surface area contributed by atoms with Gasteiger partial charge in [0.05, 0.1) is 18.7 Å². The summed E-state index contributed by atoms with van der Waals surface area (Å²) in [6, 6.07) is 8.28. The normalized spacial score (nSPS) is 15.1. The molecule has 24 heavy (non-hydrogen) atoms. The van der Waals surface area contributed by atoms with E-state index in [0.29, 0.717) is 10.6 Å². The zero-order valence-electron chi connectivity index (χ0n) is 12.3. The predicted octanol–water partition coefficient (Wildman–Crippen LogP) is 3.66. The fourth-order valence-electron chi connectivity index (χ4n) is 2.30. The van der Waals surface area contributed by atoms with Crippen molar-refractivity contribution in [1.29, 1.82) is 0 Å². The molecule has 0 spiro atoms. The number of nitrogens with zero attached hydrogens (tertiary/aromatic N) is 2. The van der Waals surface area contributed by atoms with Crippen molar-refractivity contribution in [2.45, 2.75) is 12.3 Å². The third-order valence-electron chi connectivity index (χ3n) is 3.56. The zero-order chi connectivity index (χ0) is 17.3. The third-order valence-corrected chi connectivity index (χ3v) is 3.79. The molecular weight excluding hydrogens is 345 g/mol. The SMILES string of the molecule is O=C(c1cccc(Cl)c1)N1CC(Oc2cc(C(F)(F)F)ccn2)C1. The molecule has 126 valence electrons. The molecule has 2 heterocycles. The Balaban J connectivity index is 1.59. The molecule has 0 unspecified atom stereocenters. The quantitative estimate of drug-likeness (QED) is 0.843. The van der Waals surface area contributed by atoms with Crippen LogP contribution in [-0.4, -0.2) is 35.0 Å². The number of carbonyl (C=O) groups excluding carboxylic acids is 1. The van der Waals surface area contributed by atoms with Crippen molar-refractivity contribution >= 4 is 17.5 Å². The van der Waals surface area contributed by atoms with Crippen LogP contribution in [0.2, 0.25) is 5.02 Å². The second-order valence-corrected chi connectivity index (χ2v) is 5.78. The van der Waals surface area contributed by atoms with Gasteiger partial charge in [0, 0.05) is 22.8 Å². The van der Waals surface area contributed by atoms with Crippen molar-refractivity contribution in [3.05, 3.63) is 58.7 Å². The van der Waals surface area contributed by atoms with Crippen molar-refractivity contribution in [3.63, 3.8) is 0 Å². The number of halogens is 4. The number of aromatic nitrogens is 1. The minimum absolute atomic E-state index is 0.107. The average molecular weight is 357 g/mol. The number of likely N-dealkylation sites (tertiary alicyclic amines) is 1. The fraction of sp³-hybridized carbons (Fsp3) is 0.250. The Morgan fingerprint density at radius 1 is 1.25 bits per heavy atom. The highest BCUT2D eigenvalue weighted by molar-refractivity contribution is 6.30. The number of amides is 1. The maximum absolute atomic E-state index is 12.6. The molecule has 0 aliphatic carbocycles. The van der Waals surface area contributed by atoms with Crippen molar-refractivity contribution in [2.24, 2.45) is 0 Å². The molecule has 4 nitrogen and oxygen atoms in total. The number of hydrogen-bond acceptors (Lipinski definition) is 3. The Morgan fingerprint density at radius 2 is 2.00 bits per heavy atom. The Morgan fingerprint density at radius 3 is 2.67 bits per heavy atom. The minimum Gasteiger partial charge on any atom is -0.471 e. The summed E-state index contributed by atoms with van der Waals surface area (Å²) >= 11 is 5.85. The van der Waals surface area contributed by atoms with Crippen LogP contribution in [0.4, 0.5) is 13.2 Å². The van der Waals surface area contributed by atoms with E-state index in [1.807, 2.05) is 0 Å². The average Bonchev–Trinajstić information content (AvgIpc) is 2.49. The second kappa shape index (κ2) is 6.32. The lowest BCUT2D eigenvalue weighted by molar-refractivity contribution is -0.137. The number of pyridine rings is 1. The van der Waals surface area contributed by atoms with E-state index in [0.717, 1.165) is 18.3 Å². The van der Waals surface area contributed by atoms with E-state index in [9.17, 15) is 18.0 Å². The summed E-state index contributed by atoms with van der Waals surface area (Å²) in [7, 11) is 0. The lowest BCUT2D eigenvalue weighted by Crippen LogP contribution is -2.56. The van der Waals surface area contributed by atoms with E-state index >= 15 is 0 Å². The summed E-state index contributed by atoms with van der Waals surface area (Å²) < 4.78 is 43.3. The lowest BCUT2D eigenvalue weighted by Gasteiger charge is -2.38. The highest BCUT2D eigenvalue weighted by Crippen LogP contribution is 2.31. The Bertz CT molecular complexity index is 761. The molecular formula is C16H12ClF3N2O2. The molecule has 1 saturated heterocycles. The van der Waals surface area contributed by atoms with Gasteiger partial charge in [0.25, 0.3) is 5.91 Å². The molecule has 1 fully saturated rings. The molecule has 1 aliphatic rings. The molecule has 0 bridgehead atoms. The Kier molecular flexibility index (Phi) is 4.36. The first-order valence-corrected chi connectivity index (χ1v) is 7.45. The monoisotopic (exact) mass is 356 g/mol. The van der Waals surface area contributed by atoms with E-state index in [1.54, 1.807) is 24.3 Å². The van der Waals surface area contributed by atoms with Gasteiger partial charge < -0.3 is 9.64 Å². The van der Waals surface area contributed by atoms with Crippen LogP contribution in [0, 0.1) is 0 Å². The summed E-state index contributed by atoms with van der Waals surface area (Å²) in [5, 5.41) is 0.460.